The highest BCUT2D eigenvalue weighted by atomic mass is 16.4. The third-order valence-electron chi connectivity index (χ3n) is 13.1. The largest absolute Gasteiger partial charge is 0.481 e. The third-order valence-corrected chi connectivity index (χ3v) is 13.1. The molecule has 0 radical (unpaired) electrons. The lowest BCUT2D eigenvalue weighted by molar-refractivity contribution is -0.218. The third kappa shape index (κ3) is 2.82. The Morgan fingerprint density at radius 2 is 1.53 bits per heavy atom. The van der Waals surface area contributed by atoms with Gasteiger partial charge < -0.3 is 15.3 Å². The fourth-order valence-corrected chi connectivity index (χ4v) is 10.7. The maximum Gasteiger partial charge on any atom is 0.312 e. The number of carboxylic acid groups (broad SMARTS) is 1. The van der Waals surface area contributed by atoms with Crippen LogP contribution in [0.4, 0.5) is 0 Å². The molecule has 0 spiro atoms. The summed E-state index contributed by atoms with van der Waals surface area (Å²) < 4.78 is 0. The lowest BCUT2D eigenvalue weighted by atomic mass is 9.33. The van der Waals surface area contributed by atoms with Crippen molar-refractivity contribution in [2.45, 2.75) is 118 Å². The minimum absolute atomic E-state index is 0.0218. The van der Waals surface area contributed by atoms with Gasteiger partial charge in [-0.05, 0) is 103 Å². The minimum atomic E-state index is -1.04. The Morgan fingerprint density at radius 3 is 2.18 bits per heavy atom. The average molecular weight is 473 g/mol. The fourth-order valence-electron chi connectivity index (χ4n) is 10.7. The minimum Gasteiger partial charge on any atom is -0.481 e. The average Bonchev–Trinajstić information content (AvgIpc) is 2.71. The van der Waals surface area contributed by atoms with Gasteiger partial charge in [-0.3, -0.25) is 4.79 Å². The molecule has 3 N–H and O–H groups in total. The summed E-state index contributed by atoms with van der Waals surface area (Å²) in [7, 11) is 0. The van der Waals surface area contributed by atoms with Gasteiger partial charge in [-0.1, -0.05) is 60.1 Å². The highest BCUT2D eigenvalue weighted by Gasteiger charge is 2.71. The monoisotopic (exact) mass is 472 g/mol. The van der Waals surface area contributed by atoms with Crippen molar-refractivity contribution in [2.75, 3.05) is 0 Å². The van der Waals surface area contributed by atoms with Crippen LogP contribution in [0.3, 0.4) is 0 Å². The molecule has 0 amide bonds. The Morgan fingerprint density at radius 1 is 0.853 bits per heavy atom. The van der Waals surface area contributed by atoms with E-state index in [1.807, 2.05) is 0 Å². The van der Waals surface area contributed by atoms with Crippen LogP contribution in [-0.2, 0) is 4.79 Å². The zero-order valence-electron chi connectivity index (χ0n) is 22.6. The van der Waals surface area contributed by atoms with Crippen molar-refractivity contribution in [2.24, 2.45) is 50.2 Å². The predicted molar refractivity (Wildman–Crippen MR) is 134 cm³/mol. The maximum absolute atomic E-state index is 12.8. The molecule has 192 valence electrons. The number of allylic oxidation sites excluding steroid dienone is 2. The van der Waals surface area contributed by atoms with E-state index in [9.17, 15) is 20.1 Å². The number of aliphatic hydroxyl groups excluding tert-OH is 2. The Balaban J connectivity index is 1.63. The van der Waals surface area contributed by atoms with Crippen LogP contribution in [0.5, 0.6) is 0 Å². The predicted octanol–water partition coefficient (Wildman–Crippen LogP) is 6.20. The molecule has 9 atom stereocenters. The number of hydrogen-bond acceptors (Lipinski definition) is 3. The number of carboxylic acids is 1. The normalized spacial score (nSPS) is 53.4. The summed E-state index contributed by atoms with van der Waals surface area (Å²) in [4.78, 5) is 12.8. The van der Waals surface area contributed by atoms with Crippen LogP contribution in [0.2, 0.25) is 0 Å². The summed E-state index contributed by atoms with van der Waals surface area (Å²) in [6.07, 6.45) is 9.35. The standard InChI is InChI=1S/C30H48O4/c1-25(2)14-15-30(24(33)34)19(16-25)18-8-9-21-27(5)12-11-22(31)26(3,4)20(27)10-13-28(21,6)29(18,7)17-23(30)32/h8,19-23,31-32H,9-17H2,1-7H3,(H,33,34)/t19?,20-,21?,22-,23?,27?,28-,29+,30+/m0/s1. The molecule has 0 aliphatic heterocycles. The molecule has 0 bridgehead atoms. The van der Waals surface area contributed by atoms with E-state index in [0.717, 1.165) is 44.9 Å². The van der Waals surface area contributed by atoms with Crippen molar-refractivity contribution in [1.29, 1.82) is 0 Å². The second-order valence-corrected chi connectivity index (χ2v) is 15.2. The van der Waals surface area contributed by atoms with Crippen molar-refractivity contribution in [3.8, 4) is 0 Å². The van der Waals surface area contributed by atoms with E-state index < -0.39 is 17.5 Å². The fraction of sp³-hybridized carbons (Fsp3) is 0.900. The number of fused-ring (bicyclic) bond motifs is 7. The summed E-state index contributed by atoms with van der Waals surface area (Å²) >= 11 is 0. The lowest BCUT2D eigenvalue weighted by Crippen LogP contribution is -2.67. The van der Waals surface area contributed by atoms with E-state index in [-0.39, 0.29) is 39.1 Å². The number of carbonyl (C=O) groups is 1. The molecular formula is C30H48O4. The molecule has 0 aromatic rings. The van der Waals surface area contributed by atoms with Gasteiger partial charge in [0.05, 0.1) is 12.2 Å². The number of aliphatic carboxylic acids is 1. The van der Waals surface area contributed by atoms with Crippen molar-refractivity contribution in [3.63, 3.8) is 0 Å². The van der Waals surface area contributed by atoms with Gasteiger partial charge in [0.15, 0.2) is 0 Å². The molecule has 34 heavy (non-hydrogen) atoms. The van der Waals surface area contributed by atoms with E-state index >= 15 is 0 Å². The van der Waals surface area contributed by atoms with E-state index in [2.05, 4.69) is 54.5 Å². The molecule has 4 heteroatoms. The highest BCUT2D eigenvalue weighted by molar-refractivity contribution is 5.77. The Bertz CT molecular complexity index is 919. The molecule has 5 rings (SSSR count). The first-order chi connectivity index (χ1) is 15.6. The van der Waals surface area contributed by atoms with E-state index in [4.69, 9.17) is 0 Å². The van der Waals surface area contributed by atoms with Crippen molar-refractivity contribution >= 4 is 5.97 Å². The summed E-state index contributed by atoms with van der Waals surface area (Å²) in [5.74, 6) is 0.0888. The van der Waals surface area contributed by atoms with Crippen molar-refractivity contribution < 1.29 is 20.1 Å². The number of rotatable bonds is 1. The maximum atomic E-state index is 12.8. The highest BCUT2D eigenvalue weighted by Crippen LogP contribution is 2.75. The van der Waals surface area contributed by atoms with Gasteiger partial charge >= 0.3 is 5.97 Å². The summed E-state index contributed by atoms with van der Waals surface area (Å²) in [5, 5.41) is 33.1. The molecule has 4 fully saturated rings. The lowest BCUT2D eigenvalue weighted by Gasteiger charge is -2.71. The molecule has 0 aromatic carbocycles. The second kappa shape index (κ2) is 7.12. The molecule has 4 saturated carbocycles. The van der Waals surface area contributed by atoms with Crippen molar-refractivity contribution in [1.82, 2.24) is 0 Å². The van der Waals surface area contributed by atoms with Gasteiger partial charge in [0.25, 0.3) is 0 Å². The van der Waals surface area contributed by atoms with Gasteiger partial charge in [0, 0.05) is 0 Å². The smallest absolute Gasteiger partial charge is 0.312 e. The molecule has 0 saturated heterocycles. The van der Waals surface area contributed by atoms with Crippen LogP contribution >= 0.6 is 0 Å². The summed E-state index contributed by atoms with van der Waals surface area (Å²) in [6.45, 7) is 16.4. The Hall–Kier alpha value is -0.870. The van der Waals surface area contributed by atoms with Gasteiger partial charge in [-0.25, -0.2) is 0 Å². The zero-order valence-corrected chi connectivity index (χ0v) is 22.6. The van der Waals surface area contributed by atoms with Crippen LogP contribution < -0.4 is 0 Å². The van der Waals surface area contributed by atoms with Gasteiger partial charge in [0.2, 0.25) is 0 Å². The molecule has 5 aliphatic rings. The first-order valence-electron chi connectivity index (χ1n) is 13.9. The molecule has 4 nitrogen and oxygen atoms in total. The Kier molecular flexibility index (Phi) is 5.20. The topological polar surface area (TPSA) is 77.8 Å². The van der Waals surface area contributed by atoms with Gasteiger partial charge in [0.1, 0.15) is 5.41 Å². The molecule has 0 heterocycles. The van der Waals surface area contributed by atoms with Gasteiger partial charge in [-0.15, -0.1) is 0 Å². The van der Waals surface area contributed by atoms with Crippen LogP contribution in [0.25, 0.3) is 0 Å². The van der Waals surface area contributed by atoms with E-state index in [1.54, 1.807) is 0 Å². The molecule has 4 unspecified atom stereocenters. The SMILES string of the molecule is CC1(C)CC[C@]2(C(=O)O)C(O)C[C@]3(C)C(=CCC4C5(C)CC[C@H](O)C(C)(C)[C@@H]5CC[C@@]43C)C2C1. The molecule has 5 aliphatic carbocycles. The van der Waals surface area contributed by atoms with Crippen LogP contribution in [0, 0.1) is 50.2 Å². The van der Waals surface area contributed by atoms with Crippen LogP contribution in [-0.4, -0.2) is 33.5 Å². The van der Waals surface area contributed by atoms with E-state index in [0.29, 0.717) is 24.7 Å². The first-order valence-corrected chi connectivity index (χ1v) is 13.9. The quantitative estimate of drug-likeness (QED) is 0.397. The summed E-state index contributed by atoms with van der Waals surface area (Å²) in [6, 6.07) is 0. The summed E-state index contributed by atoms with van der Waals surface area (Å²) in [5.41, 5.74) is 0.295. The Labute approximate surface area is 206 Å². The van der Waals surface area contributed by atoms with Crippen LogP contribution in [0.15, 0.2) is 11.6 Å². The molecule has 0 aromatic heterocycles. The second-order valence-electron chi connectivity index (χ2n) is 15.2. The molecular weight excluding hydrogens is 424 g/mol. The van der Waals surface area contributed by atoms with Crippen LogP contribution in [0.1, 0.15) is 106 Å². The number of aliphatic hydroxyl groups is 2. The van der Waals surface area contributed by atoms with Gasteiger partial charge in [-0.2, -0.15) is 0 Å². The van der Waals surface area contributed by atoms with E-state index in [1.165, 1.54) is 5.57 Å². The number of hydrogen-bond donors (Lipinski definition) is 3. The first kappa shape index (κ1) is 24.8. The van der Waals surface area contributed by atoms with Crippen molar-refractivity contribution in [3.05, 3.63) is 11.6 Å². The zero-order chi connectivity index (χ0) is 25.1.